The average molecular weight is 262 g/mol. The molecule has 1 spiro atoms. The largest absolute Gasteiger partial charge is 0.466 e. The van der Waals surface area contributed by atoms with Crippen LogP contribution in [0.15, 0.2) is 10.5 Å². The maximum Gasteiger partial charge on any atom is 0.105 e. The van der Waals surface area contributed by atoms with Gasteiger partial charge in [-0.1, -0.05) is 12.8 Å². The molecular formula is C16H26N2O. The molecule has 1 aliphatic carbocycles. The van der Waals surface area contributed by atoms with E-state index in [9.17, 15) is 0 Å². The summed E-state index contributed by atoms with van der Waals surface area (Å²) in [5, 5.41) is 3.79. The average Bonchev–Trinajstić information content (AvgIpc) is 2.96. The molecule has 0 bridgehead atoms. The number of piperazine rings is 1. The number of furan rings is 1. The van der Waals surface area contributed by atoms with Crippen LogP contribution >= 0.6 is 0 Å². The molecule has 3 nitrogen and oxygen atoms in total. The minimum Gasteiger partial charge on any atom is -0.466 e. The number of nitrogens with zero attached hydrogens (tertiary/aromatic N) is 1. The number of hydrogen-bond acceptors (Lipinski definition) is 3. The van der Waals surface area contributed by atoms with Crippen molar-refractivity contribution in [1.82, 2.24) is 10.2 Å². The molecule has 3 rings (SSSR count). The Kier molecular flexibility index (Phi) is 3.44. The molecule has 1 aromatic heterocycles. The van der Waals surface area contributed by atoms with Crippen LogP contribution in [-0.4, -0.2) is 30.1 Å². The Morgan fingerprint density at radius 3 is 2.68 bits per heavy atom. The summed E-state index contributed by atoms with van der Waals surface area (Å²) in [4.78, 5) is 2.64. The van der Waals surface area contributed by atoms with Crippen molar-refractivity contribution < 1.29 is 4.42 Å². The second-order valence-electron chi connectivity index (χ2n) is 6.43. The summed E-state index contributed by atoms with van der Waals surface area (Å²) in [5.74, 6) is 2.12. The van der Waals surface area contributed by atoms with Crippen LogP contribution in [0.25, 0.3) is 0 Å². The predicted molar refractivity (Wildman–Crippen MR) is 77.4 cm³/mol. The van der Waals surface area contributed by atoms with E-state index in [1.807, 2.05) is 6.92 Å². The molecule has 2 fully saturated rings. The first-order valence-corrected chi connectivity index (χ1v) is 7.66. The van der Waals surface area contributed by atoms with Gasteiger partial charge in [0.2, 0.25) is 0 Å². The molecule has 0 amide bonds. The summed E-state index contributed by atoms with van der Waals surface area (Å²) in [6.45, 7) is 9.92. The molecule has 1 saturated heterocycles. The molecule has 1 saturated carbocycles. The molecule has 1 aromatic rings. The fraction of sp³-hybridized carbons (Fsp3) is 0.750. The SMILES string of the molecule is Cc1cc(C(C)N2CCNC3(CCCC3)C2)c(C)o1. The Morgan fingerprint density at radius 1 is 1.32 bits per heavy atom. The fourth-order valence-electron chi connectivity index (χ4n) is 3.97. The van der Waals surface area contributed by atoms with E-state index >= 15 is 0 Å². The summed E-state index contributed by atoms with van der Waals surface area (Å²) >= 11 is 0. The van der Waals surface area contributed by atoms with Crippen molar-refractivity contribution in [2.45, 2.75) is 58.0 Å². The quantitative estimate of drug-likeness (QED) is 0.887. The van der Waals surface area contributed by atoms with E-state index in [0.717, 1.165) is 24.6 Å². The second kappa shape index (κ2) is 4.95. The van der Waals surface area contributed by atoms with E-state index in [-0.39, 0.29) is 0 Å². The van der Waals surface area contributed by atoms with Gasteiger partial charge in [-0.05, 0) is 39.7 Å². The zero-order chi connectivity index (χ0) is 13.5. The molecule has 3 heteroatoms. The maximum atomic E-state index is 5.70. The smallest absolute Gasteiger partial charge is 0.105 e. The van der Waals surface area contributed by atoms with Gasteiger partial charge in [0.25, 0.3) is 0 Å². The molecule has 1 aliphatic heterocycles. The zero-order valence-corrected chi connectivity index (χ0v) is 12.5. The number of rotatable bonds is 2. The predicted octanol–water partition coefficient (Wildman–Crippen LogP) is 3.18. The zero-order valence-electron chi connectivity index (χ0n) is 12.5. The number of hydrogen-bond donors (Lipinski definition) is 1. The van der Waals surface area contributed by atoms with Gasteiger partial charge in [-0.15, -0.1) is 0 Å². The van der Waals surface area contributed by atoms with Gasteiger partial charge in [0.15, 0.2) is 0 Å². The van der Waals surface area contributed by atoms with E-state index < -0.39 is 0 Å². The molecule has 0 radical (unpaired) electrons. The highest BCUT2D eigenvalue weighted by atomic mass is 16.3. The minimum absolute atomic E-state index is 0.402. The second-order valence-corrected chi connectivity index (χ2v) is 6.43. The van der Waals surface area contributed by atoms with Crippen molar-refractivity contribution >= 4 is 0 Å². The standard InChI is InChI=1S/C16H26N2O/c1-12-10-15(14(3)19-12)13(2)18-9-8-17-16(11-18)6-4-5-7-16/h10,13,17H,4-9,11H2,1-3H3. The van der Waals surface area contributed by atoms with Crippen molar-refractivity contribution in [3.8, 4) is 0 Å². The summed E-state index contributed by atoms with van der Waals surface area (Å²) in [6, 6.07) is 2.68. The highest BCUT2D eigenvalue weighted by Crippen LogP contribution is 2.35. The lowest BCUT2D eigenvalue weighted by Gasteiger charge is -2.44. The lowest BCUT2D eigenvalue weighted by atomic mass is 9.93. The lowest BCUT2D eigenvalue weighted by molar-refractivity contribution is 0.1000. The van der Waals surface area contributed by atoms with Crippen LogP contribution in [0.1, 0.15) is 55.7 Å². The molecule has 0 aromatic carbocycles. The Morgan fingerprint density at radius 2 is 2.05 bits per heavy atom. The van der Waals surface area contributed by atoms with Gasteiger partial charge in [-0.25, -0.2) is 0 Å². The van der Waals surface area contributed by atoms with E-state index in [1.54, 1.807) is 0 Å². The molecule has 1 unspecified atom stereocenters. The summed E-state index contributed by atoms with van der Waals surface area (Å²) < 4.78 is 5.70. The van der Waals surface area contributed by atoms with Crippen molar-refractivity contribution in [3.63, 3.8) is 0 Å². The molecule has 2 aliphatic rings. The highest BCUT2D eigenvalue weighted by molar-refractivity contribution is 5.24. The molecule has 106 valence electrons. The van der Waals surface area contributed by atoms with Crippen LogP contribution in [0.3, 0.4) is 0 Å². The van der Waals surface area contributed by atoms with Gasteiger partial charge in [0, 0.05) is 36.8 Å². The van der Waals surface area contributed by atoms with Crippen molar-refractivity contribution in [2.24, 2.45) is 0 Å². The Hall–Kier alpha value is -0.800. The van der Waals surface area contributed by atoms with Gasteiger partial charge >= 0.3 is 0 Å². The third kappa shape index (κ3) is 2.46. The van der Waals surface area contributed by atoms with Crippen molar-refractivity contribution in [2.75, 3.05) is 19.6 Å². The molecule has 1 N–H and O–H groups in total. The fourth-order valence-corrected chi connectivity index (χ4v) is 3.97. The minimum atomic E-state index is 0.402. The van der Waals surface area contributed by atoms with Crippen LogP contribution in [0.4, 0.5) is 0 Å². The van der Waals surface area contributed by atoms with Gasteiger partial charge in [-0.2, -0.15) is 0 Å². The third-order valence-corrected chi connectivity index (χ3v) is 5.04. The van der Waals surface area contributed by atoms with Gasteiger partial charge in [0.1, 0.15) is 11.5 Å². The Labute approximate surface area is 116 Å². The lowest BCUT2D eigenvalue weighted by Crippen LogP contribution is -2.59. The number of nitrogens with one attached hydrogen (secondary N) is 1. The number of aryl methyl sites for hydroxylation is 2. The molecule has 1 atom stereocenters. The monoisotopic (exact) mass is 262 g/mol. The maximum absolute atomic E-state index is 5.70. The summed E-state index contributed by atoms with van der Waals surface area (Å²) in [7, 11) is 0. The van der Waals surface area contributed by atoms with Crippen LogP contribution in [0.2, 0.25) is 0 Å². The van der Waals surface area contributed by atoms with Gasteiger partial charge in [-0.3, -0.25) is 4.90 Å². The highest BCUT2D eigenvalue weighted by Gasteiger charge is 2.39. The molecule has 19 heavy (non-hydrogen) atoms. The van der Waals surface area contributed by atoms with E-state index in [2.05, 4.69) is 30.1 Å². The van der Waals surface area contributed by atoms with E-state index in [4.69, 9.17) is 4.42 Å². The first-order chi connectivity index (χ1) is 9.10. The van der Waals surface area contributed by atoms with Gasteiger partial charge < -0.3 is 9.73 Å². The summed E-state index contributed by atoms with van der Waals surface area (Å²) in [5.41, 5.74) is 1.77. The van der Waals surface area contributed by atoms with Crippen LogP contribution in [-0.2, 0) is 0 Å². The Bertz CT molecular complexity index is 446. The van der Waals surface area contributed by atoms with Crippen LogP contribution in [0, 0.1) is 13.8 Å². The Balaban J connectivity index is 1.76. The first kappa shape index (κ1) is 13.2. The van der Waals surface area contributed by atoms with Crippen LogP contribution < -0.4 is 5.32 Å². The third-order valence-electron chi connectivity index (χ3n) is 5.04. The van der Waals surface area contributed by atoms with Crippen molar-refractivity contribution in [1.29, 1.82) is 0 Å². The van der Waals surface area contributed by atoms with E-state index in [0.29, 0.717) is 11.6 Å². The summed E-state index contributed by atoms with van der Waals surface area (Å²) in [6.07, 6.45) is 5.47. The topological polar surface area (TPSA) is 28.4 Å². The van der Waals surface area contributed by atoms with E-state index in [1.165, 1.54) is 37.8 Å². The van der Waals surface area contributed by atoms with Gasteiger partial charge in [0.05, 0.1) is 0 Å². The van der Waals surface area contributed by atoms with Crippen LogP contribution in [0.5, 0.6) is 0 Å². The molecular weight excluding hydrogens is 236 g/mol. The normalized spacial score (nSPS) is 25.0. The van der Waals surface area contributed by atoms with Crippen molar-refractivity contribution in [3.05, 3.63) is 23.2 Å². The first-order valence-electron chi connectivity index (χ1n) is 7.66. The molecule has 2 heterocycles.